The Kier molecular flexibility index (Phi) is 5.84. The van der Waals surface area contributed by atoms with Crippen molar-refractivity contribution in [3.8, 4) is 0 Å². The number of nitrogens with zero attached hydrogens (tertiary/aromatic N) is 4. The number of rotatable bonds is 4. The van der Waals surface area contributed by atoms with Gasteiger partial charge in [-0.2, -0.15) is 4.31 Å². The summed E-state index contributed by atoms with van der Waals surface area (Å²) in [5.41, 5.74) is 0.578. The summed E-state index contributed by atoms with van der Waals surface area (Å²) in [5.74, 6) is 0.611. The third-order valence-corrected chi connectivity index (χ3v) is 8.15. The third-order valence-electron chi connectivity index (χ3n) is 5.84. The van der Waals surface area contributed by atoms with Crippen LogP contribution in [-0.4, -0.2) is 86.2 Å². The van der Waals surface area contributed by atoms with Gasteiger partial charge in [-0.25, -0.2) is 13.4 Å². The highest BCUT2D eigenvalue weighted by molar-refractivity contribution is 7.89. The van der Waals surface area contributed by atoms with Crippen LogP contribution in [0, 0.1) is 0 Å². The van der Waals surface area contributed by atoms with Gasteiger partial charge in [0.15, 0.2) is 0 Å². The monoisotopic (exact) mass is 408 g/mol. The zero-order valence-corrected chi connectivity index (χ0v) is 16.9. The number of likely N-dealkylation sites (tertiary alicyclic amines) is 1. The van der Waals surface area contributed by atoms with Gasteiger partial charge in [0.05, 0.1) is 24.0 Å². The summed E-state index contributed by atoms with van der Waals surface area (Å²) in [6.45, 7) is 4.31. The molecule has 0 unspecified atom stereocenters. The molecule has 3 aliphatic heterocycles. The van der Waals surface area contributed by atoms with E-state index in [0.29, 0.717) is 51.3 Å². The molecule has 0 saturated carbocycles. The highest BCUT2D eigenvalue weighted by Gasteiger charge is 2.38. The van der Waals surface area contributed by atoms with Crippen LogP contribution in [-0.2, 0) is 14.8 Å². The lowest BCUT2D eigenvalue weighted by molar-refractivity contribution is 0.0686. The van der Waals surface area contributed by atoms with Crippen LogP contribution in [0.3, 0.4) is 0 Å². The van der Waals surface area contributed by atoms with Crippen molar-refractivity contribution < 1.29 is 17.9 Å². The predicted molar refractivity (Wildman–Crippen MR) is 106 cm³/mol. The molecule has 1 aromatic rings. The molecular formula is C19H28N4O4S. The molecule has 154 valence electrons. The Hall–Kier alpha value is -1.71. The highest BCUT2D eigenvalue weighted by atomic mass is 32.2. The maximum atomic E-state index is 13.3. The van der Waals surface area contributed by atoms with Crippen LogP contribution in [0.15, 0.2) is 18.3 Å². The van der Waals surface area contributed by atoms with Crippen LogP contribution in [0.4, 0.5) is 5.82 Å². The molecular weight excluding hydrogens is 380 g/mol. The molecule has 0 bridgehead atoms. The number of carbonyl (C=O) groups is 1. The highest BCUT2D eigenvalue weighted by Crippen LogP contribution is 2.26. The van der Waals surface area contributed by atoms with Gasteiger partial charge in [-0.1, -0.05) is 0 Å². The summed E-state index contributed by atoms with van der Waals surface area (Å²) in [5, 5.41) is -0.546. The summed E-state index contributed by atoms with van der Waals surface area (Å²) in [7, 11) is -3.43. The van der Waals surface area contributed by atoms with E-state index in [2.05, 4.69) is 9.88 Å². The second-order valence-corrected chi connectivity index (χ2v) is 9.85. The van der Waals surface area contributed by atoms with Crippen LogP contribution < -0.4 is 4.90 Å². The van der Waals surface area contributed by atoms with Crippen molar-refractivity contribution in [1.82, 2.24) is 14.2 Å². The molecule has 3 aliphatic rings. The number of ether oxygens (including phenoxy) is 1. The van der Waals surface area contributed by atoms with Gasteiger partial charge in [0, 0.05) is 45.5 Å². The van der Waals surface area contributed by atoms with E-state index in [9.17, 15) is 13.2 Å². The number of hydrogen-bond acceptors (Lipinski definition) is 6. The molecule has 1 atom stereocenters. The first-order valence-electron chi connectivity index (χ1n) is 10.1. The quantitative estimate of drug-likeness (QED) is 0.738. The average Bonchev–Trinajstić information content (AvgIpc) is 3.29. The van der Waals surface area contributed by atoms with Crippen molar-refractivity contribution >= 4 is 21.7 Å². The maximum Gasteiger partial charge on any atom is 0.257 e. The minimum Gasteiger partial charge on any atom is -0.379 e. The fourth-order valence-electron chi connectivity index (χ4n) is 4.29. The molecule has 4 heterocycles. The molecule has 0 aliphatic carbocycles. The first kappa shape index (κ1) is 19.6. The average molecular weight is 409 g/mol. The van der Waals surface area contributed by atoms with Gasteiger partial charge in [0.1, 0.15) is 5.82 Å². The summed E-state index contributed by atoms with van der Waals surface area (Å²) >= 11 is 0. The number of anilines is 1. The zero-order chi connectivity index (χ0) is 19.6. The Bertz CT molecular complexity index is 804. The van der Waals surface area contributed by atoms with E-state index in [0.717, 1.165) is 31.7 Å². The van der Waals surface area contributed by atoms with Crippen molar-refractivity contribution in [3.63, 3.8) is 0 Å². The molecule has 0 aromatic carbocycles. The van der Waals surface area contributed by atoms with Gasteiger partial charge in [0.25, 0.3) is 5.91 Å². The van der Waals surface area contributed by atoms with Crippen LogP contribution in [0.2, 0.25) is 0 Å². The van der Waals surface area contributed by atoms with E-state index in [1.807, 2.05) is 6.07 Å². The van der Waals surface area contributed by atoms with Crippen molar-refractivity contribution in [2.45, 2.75) is 30.9 Å². The zero-order valence-electron chi connectivity index (χ0n) is 16.1. The van der Waals surface area contributed by atoms with Gasteiger partial charge in [-0.05, 0) is 37.8 Å². The minimum absolute atomic E-state index is 0.114. The molecule has 0 N–H and O–H groups in total. The third kappa shape index (κ3) is 3.88. The van der Waals surface area contributed by atoms with Gasteiger partial charge < -0.3 is 14.5 Å². The smallest absolute Gasteiger partial charge is 0.257 e. The van der Waals surface area contributed by atoms with Crippen molar-refractivity contribution in [3.05, 3.63) is 23.9 Å². The summed E-state index contributed by atoms with van der Waals surface area (Å²) in [4.78, 5) is 21.6. The Morgan fingerprint density at radius 1 is 1.07 bits per heavy atom. The fourth-order valence-corrected chi connectivity index (χ4v) is 6.21. The molecule has 9 heteroatoms. The SMILES string of the molecule is O=C(c1cccnc1N1CCCC1)N1CCC[C@@H](S(=O)(=O)N2CCOCC2)C1. The van der Waals surface area contributed by atoms with Gasteiger partial charge >= 0.3 is 0 Å². The van der Waals surface area contributed by atoms with E-state index < -0.39 is 15.3 Å². The fraction of sp³-hybridized carbons (Fsp3) is 0.684. The summed E-state index contributed by atoms with van der Waals surface area (Å²) in [6.07, 6.45) is 5.21. The summed E-state index contributed by atoms with van der Waals surface area (Å²) in [6, 6.07) is 3.59. The molecule has 1 amide bonds. The predicted octanol–water partition coefficient (Wildman–Crippen LogP) is 0.948. The van der Waals surface area contributed by atoms with E-state index >= 15 is 0 Å². The lowest BCUT2D eigenvalue weighted by Gasteiger charge is -2.36. The number of piperidine rings is 1. The number of carbonyl (C=O) groups excluding carboxylic acids is 1. The second-order valence-electron chi connectivity index (χ2n) is 7.64. The Morgan fingerprint density at radius 3 is 2.57 bits per heavy atom. The van der Waals surface area contributed by atoms with Gasteiger partial charge in [-0.3, -0.25) is 4.79 Å². The van der Waals surface area contributed by atoms with Crippen LogP contribution in [0.1, 0.15) is 36.0 Å². The molecule has 3 saturated heterocycles. The number of pyridine rings is 1. The van der Waals surface area contributed by atoms with E-state index in [1.54, 1.807) is 17.2 Å². The maximum absolute atomic E-state index is 13.3. The van der Waals surface area contributed by atoms with E-state index in [-0.39, 0.29) is 12.5 Å². The second kappa shape index (κ2) is 8.34. The van der Waals surface area contributed by atoms with E-state index in [1.165, 1.54) is 4.31 Å². The number of amides is 1. The number of hydrogen-bond donors (Lipinski definition) is 0. The Labute approximate surface area is 166 Å². The number of sulfonamides is 1. The normalized spacial score (nSPS) is 24.5. The lowest BCUT2D eigenvalue weighted by Crippen LogP contribution is -2.52. The summed E-state index contributed by atoms with van der Waals surface area (Å²) < 4.78 is 32.9. The molecule has 8 nitrogen and oxygen atoms in total. The van der Waals surface area contributed by atoms with E-state index in [4.69, 9.17) is 4.74 Å². The van der Waals surface area contributed by atoms with Crippen LogP contribution in [0.25, 0.3) is 0 Å². The lowest BCUT2D eigenvalue weighted by atomic mass is 10.1. The number of aromatic nitrogens is 1. The number of morpholine rings is 1. The first-order valence-corrected chi connectivity index (χ1v) is 11.6. The topological polar surface area (TPSA) is 83.1 Å². The first-order chi connectivity index (χ1) is 13.6. The minimum atomic E-state index is -3.43. The molecule has 4 rings (SSSR count). The van der Waals surface area contributed by atoms with Crippen molar-refractivity contribution in [1.29, 1.82) is 0 Å². The van der Waals surface area contributed by atoms with Gasteiger partial charge in [-0.15, -0.1) is 0 Å². The molecule has 0 spiro atoms. The molecule has 0 radical (unpaired) electrons. The van der Waals surface area contributed by atoms with Crippen molar-refractivity contribution in [2.24, 2.45) is 0 Å². The Morgan fingerprint density at radius 2 is 1.82 bits per heavy atom. The Balaban J connectivity index is 1.51. The molecule has 28 heavy (non-hydrogen) atoms. The largest absolute Gasteiger partial charge is 0.379 e. The van der Waals surface area contributed by atoms with Gasteiger partial charge in [0.2, 0.25) is 10.0 Å². The molecule has 3 fully saturated rings. The molecule has 1 aromatic heterocycles. The van der Waals surface area contributed by atoms with Crippen LogP contribution >= 0.6 is 0 Å². The van der Waals surface area contributed by atoms with Crippen molar-refractivity contribution in [2.75, 3.05) is 57.4 Å². The van der Waals surface area contributed by atoms with Crippen LogP contribution in [0.5, 0.6) is 0 Å². The standard InChI is InChI=1S/C19H28N4O4S/c24-19(17-6-3-7-20-18(17)21-8-1-2-9-21)22-10-4-5-16(15-22)28(25,26)23-11-13-27-14-12-23/h3,6-7,16H,1-2,4-5,8-15H2/t16-/m1/s1.